The summed E-state index contributed by atoms with van der Waals surface area (Å²) in [5, 5.41) is 11.4. The Morgan fingerprint density at radius 3 is 2.38 bits per heavy atom. The molecule has 1 aliphatic carbocycles. The molecule has 6 heteroatoms. The number of hydrogen-bond donors (Lipinski definition) is 2. The average Bonchev–Trinajstić information content (AvgIpc) is 2.44. The quantitative estimate of drug-likeness (QED) is 0.843. The Kier molecular flexibility index (Phi) is 4.35. The van der Waals surface area contributed by atoms with Crippen LogP contribution in [0, 0.1) is 30.4 Å². The molecule has 1 amide bonds. The number of anilines is 1. The molecule has 21 heavy (non-hydrogen) atoms. The summed E-state index contributed by atoms with van der Waals surface area (Å²) < 4.78 is 27.1. The Morgan fingerprint density at radius 1 is 1.14 bits per heavy atom. The van der Waals surface area contributed by atoms with Crippen molar-refractivity contribution >= 4 is 17.6 Å². The first-order valence-electron chi connectivity index (χ1n) is 6.54. The highest BCUT2D eigenvalue weighted by atomic mass is 19.1. The van der Waals surface area contributed by atoms with Gasteiger partial charge < -0.3 is 10.4 Å². The monoisotopic (exact) mass is 295 g/mol. The number of rotatable bonds is 3. The first kappa shape index (κ1) is 15.2. The number of nitrogens with one attached hydrogen (secondary N) is 1. The van der Waals surface area contributed by atoms with Crippen LogP contribution in [0.3, 0.4) is 0 Å². The molecular weight excluding hydrogens is 280 g/mol. The normalized spacial score (nSPS) is 21.1. The average molecular weight is 295 g/mol. The van der Waals surface area contributed by atoms with Gasteiger partial charge >= 0.3 is 5.97 Å². The number of hydrogen-bond acceptors (Lipinski definition) is 2. The maximum absolute atomic E-state index is 13.7. The van der Waals surface area contributed by atoms with Crippen LogP contribution in [0.4, 0.5) is 14.5 Å². The lowest BCUT2D eigenvalue weighted by Gasteiger charge is -2.24. The minimum absolute atomic E-state index is 0.134. The molecule has 2 rings (SSSR count). The van der Waals surface area contributed by atoms with Gasteiger partial charge in [0.05, 0.1) is 17.5 Å². The van der Waals surface area contributed by atoms with E-state index in [4.69, 9.17) is 5.11 Å². The van der Waals surface area contributed by atoms with Crippen molar-refractivity contribution in [3.8, 4) is 0 Å². The highest BCUT2D eigenvalue weighted by Crippen LogP contribution is 2.28. The van der Waals surface area contributed by atoms with Crippen molar-refractivity contribution < 1.29 is 23.5 Å². The lowest BCUT2D eigenvalue weighted by atomic mass is 9.82. The fourth-order valence-electron chi connectivity index (χ4n) is 2.34. The molecule has 4 nitrogen and oxygen atoms in total. The topological polar surface area (TPSA) is 66.4 Å². The molecule has 1 aromatic rings. The van der Waals surface area contributed by atoms with E-state index in [-0.39, 0.29) is 24.1 Å². The minimum atomic E-state index is -1.07. The predicted molar refractivity (Wildman–Crippen MR) is 72.7 cm³/mol. The number of benzene rings is 1. The van der Waals surface area contributed by atoms with E-state index >= 15 is 0 Å². The zero-order chi connectivity index (χ0) is 15.6. The van der Waals surface area contributed by atoms with E-state index in [1.807, 2.05) is 0 Å². The summed E-state index contributed by atoms with van der Waals surface area (Å²) in [6.07, 6.45) is 3.93. The van der Waals surface area contributed by atoms with E-state index in [0.29, 0.717) is 0 Å². The van der Waals surface area contributed by atoms with Crippen LogP contribution in [0.5, 0.6) is 0 Å². The maximum atomic E-state index is 13.7. The Labute approximate surface area is 120 Å². The second-order valence-corrected chi connectivity index (χ2v) is 5.06. The van der Waals surface area contributed by atoms with Gasteiger partial charge in [-0.15, -0.1) is 0 Å². The van der Waals surface area contributed by atoms with E-state index in [2.05, 4.69) is 5.32 Å². The number of carbonyl (C=O) groups excluding carboxylic acids is 1. The number of aryl methyl sites for hydroxylation is 1. The summed E-state index contributed by atoms with van der Waals surface area (Å²) in [5.74, 6) is -4.72. The van der Waals surface area contributed by atoms with Crippen LogP contribution >= 0.6 is 0 Å². The van der Waals surface area contributed by atoms with Crippen molar-refractivity contribution in [3.05, 3.63) is 41.5 Å². The molecule has 0 fully saturated rings. The van der Waals surface area contributed by atoms with Gasteiger partial charge in [-0.3, -0.25) is 9.59 Å². The fourth-order valence-corrected chi connectivity index (χ4v) is 2.34. The van der Waals surface area contributed by atoms with Gasteiger partial charge in [-0.25, -0.2) is 8.78 Å². The van der Waals surface area contributed by atoms with E-state index in [9.17, 15) is 18.4 Å². The number of allylic oxidation sites excluding steroid dienone is 2. The Bertz CT molecular complexity index is 613. The molecule has 2 N–H and O–H groups in total. The number of aliphatic carboxylic acids is 1. The summed E-state index contributed by atoms with van der Waals surface area (Å²) in [6.45, 7) is 1.41. The van der Waals surface area contributed by atoms with Crippen LogP contribution in [-0.4, -0.2) is 17.0 Å². The highest BCUT2D eigenvalue weighted by Gasteiger charge is 2.34. The van der Waals surface area contributed by atoms with Gasteiger partial charge in [0.15, 0.2) is 0 Å². The van der Waals surface area contributed by atoms with Crippen molar-refractivity contribution in [1.82, 2.24) is 0 Å². The third-order valence-corrected chi connectivity index (χ3v) is 3.59. The molecule has 0 aliphatic heterocycles. The van der Waals surface area contributed by atoms with E-state index in [1.165, 1.54) is 6.92 Å². The van der Waals surface area contributed by atoms with Crippen molar-refractivity contribution in [2.75, 3.05) is 5.32 Å². The Hall–Kier alpha value is -2.24. The zero-order valence-electron chi connectivity index (χ0n) is 11.4. The lowest BCUT2D eigenvalue weighted by Crippen LogP contribution is -2.35. The number of halogens is 2. The SMILES string of the molecule is Cc1cc(F)c(NC(=O)[C@@H]2CC=CC[C@@H]2C(=O)O)cc1F. The van der Waals surface area contributed by atoms with Crippen LogP contribution in [0.2, 0.25) is 0 Å². The van der Waals surface area contributed by atoms with Gasteiger partial charge in [0.25, 0.3) is 0 Å². The van der Waals surface area contributed by atoms with Crippen LogP contribution in [0.25, 0.3) is 0 Å². The van der Waals surface area contributed by atoms with Crippen molar-refractivity contribution in [2.24, 2.45) is 11.8 Å². The number of amides is 1. The third kappa shape index (κ3) is 3.26. The number of carboxylic acids is 1. The molecule has 2 atom stereocenters. The summed E-state index contributed by atoms with van der Waals surface area (Å²) in [4.78, 5) is 23.3. The minimum Gasteiger partial charge on any atom is -0.481 e. The van der Waals surface area contributed by atoms with Crippen LogP contribution < -0.4 is 5.32 Å². The molecule has 1 aliphatic rings. The first-order valence-corrected chi connectivity index (χ1v) is 6.54. The molecule has 0 unspecified atom stereocenters. The molecule has 0 aromatic heterocycles. The second-order valence-electron chi connectivity index (χ2n) is 5.06. The van der Waals surface area contributed by atoms with Crippen molar-refractivity contribution in [3.63, 3.8) is 0 Å². The highest BCUT2D eigenvalue weighted by molar-refractivity contribution is 5.95. The molecule has 1 aromatic carbocycles. The summed E-state index contributed by atoms with van der Waals surface area (Å²) in [7, 11) is 0. The maximum Gasteiger partial charge on any atom is 0.307 e. The summed E-state index contributed by atoms with van der Waals surface area (Å²) in [5.41, 5.74) is -0.142. The number of carboxylic acid groups (broad SMARTS) is 1. The smallest absolute Gasteiger partial charge is 0.307 e. The Balaban J connectivity index is 2.19. The molecule has 0 saturated carbocycles. The molecule has 0 heterocycles. The molecular formula is C15H15F2NO3. The van der Waals surface area contributed by atoms with Gasteiger partial charge in [0, 0.05) is 6.07 Å². The second kappa shape index (κ2) is 6.03. The summed E-state index contributed by atoms with van der Waals surface area (Å²) >= 11 is 0. The number of carbonyl (C=O) groups is 2. The standard InChI is InChI=1S/C15H15F2NO3/c1-8-6-12(17)13(7-11(8)16)18-14(19)9-4-2-3-5-10(9)15(20)21/h2-3,6-7,9-10H,4-5H2,1H3,(H,18,19)(H,20,21)/t9-,10+/m1/s1. The lowest BCUT2D eigenvalue weighted by molar-refractivity contribution is -0.146. The first-order chi connectivity index (χ1) is 9.90. The van der Waals surface area contributed by atoms with E-state index < -0.39 is 35.3 Å². The summed E-state index contributed by atoms with van der Waals surface area (Å²) in [6, 6.07) is 1.89. The largest absolute Gasteiger partial charge is 0.481 e. The van der Waals surface area contributed by atoms with Gasteiger partial charge in [0.2, 0.25) is 5.91 Å². The molecule has 112 valence electrons. The fraction of sp³-hybridized carbons (Fsp3) is 0.333. The van der Waals surface area contributed by atoms with Gasteiger partial charge in [-0.1, -0.05) is 12.2 Å². The van der Waals surface area contributed by atoms with Gasteiger partial charge in [-0.2, -0.15) is 0 Å². The van der Waals surface area contributed by atoms with Crippen LogP contribution in [0.1, 0.15) is 18.4 Å². The van der Waals surface area contributed by atoms with Crippen molar-refractivity contribution in [2.45, 2.75) is 19.8 Å². The molecule has 0 bridgehead atoms. The van der Waals surface area contributed by atoms with Gasteiger partial charge in [0.1, 0.15) is 11.6 Å². The van der Waals surface area contributed by atoms with Gasteiger partial charge in [-0.05, 0) is 31.4 Å². The third-order valence-electron chi connectivity index (χ3n) is 3.59. The van der Waals surface area contributed by atoms with Crippen molar-refractivity contribution in [1.29, 1.82) is 0 Å². The Morgan fingerprint density at radius 2 is 1.76 bits per heavy atom. The molecule has 0 saturated heterocycles. The predicted octanol–water partition coefficient (Wildman–Crippen LogP) is 2.88. The molecule has 0 radical (unpaired) electrons. The van der Waals surface area contributed by atoms with E-state index in [1.54, 1.807) is 12.2 Å². The molecule has 0 spiro atoms. The van der Waals surface area contributed by atoms with Crippen LogP contribution in [-0.2, 0) is 9.59 Å². The van der Waals surface area contributed by atoms with E-state index in [0.717, 1.165) is 12.1 Å². The zero-order valence-corrected chi connectivity index (χ0v) is 11.4. The van der Waals surface area contributed by atoms with Crippen LogP contribution in [0.15, 0.2) is 24.3 Å².